The maximum Gasteiger partial charge on any atom is 0.258 e. The molecular weight excluding hydrogens is 244 g/mol. The zero-order chi connectivity index (χ0) is 12.8. The number of carboxylic acid groups (broad SMARTS) is 1. The van der Waals surface area contributed by atoms with Crippen molar-refractivity contribution in [3.8, 4) is 5.88 Å². The van der Waals surface area contributed by atoms with Crippen molar-refractivity contribution < 1.29 is 15.0 Å². The molecule has 0 amide bonds. The van der Waals surface area contributed by atoms with Gasteiger partial charge in [-0.05, 0) is 12.8 Å². The van der Waals surface area contributed by atoms with Gasteiger partial charge in [0.05, 0.1) is 5.56 Å². The van der Waals surface area contributed by atoms with Crippen LogP contribution >= 0.6 is 11.8 Å². The van der Waals surface area contributed by atoms with Crippen LogP contribution in [0.2, 0.25) is 0 Å². The smallest absolute Gasteiger partial charge is 0.258 e. The maximum absolute atomic E-state index is 11.6. The van der Waals surface area contributed by atoms with Gasteiger partial charge in [0.2, 0.25) is 5.88 Å². The lowest BCUT2D eigenvalue weighted by atomic mass is 10.2. The van der Waals surface area contributed by atoms with E-state index in [1.54, 1.807) is 0 Å². The second-order valence-corrected chi connectivity index (χ2v) is 4.48. The molecule has 0 aromatic carbocycles. The van der Waals surface area contributed by atoms with Crippen LogP contribution in [-0.2, 0) is 11.2 Å². The van der Waals surface area contributed by atoms with E-state index in [1.807, 2.05) is 6.92 Å². The molecule has 0 unspecified atom stereocenters. The Bertz CT molecular complexity index is 458. The molecular formula is C10H13N2O4S-. The quantitative estimate of drug-likeness (QED) is 0.533. The molecule has 1 heterocycles. The molecule has 0 aliphatic rings. The minimum Gasteiger partial charge on any atom is -0.550 e. The van der Waals surface area contributed by atoms with E-state index >= 15 is 0 Å². The number of aliphatic carboxylic acids is 1. The van der Waals surface area contributed by atoms with Gasteiger partial charge in [0.15, 0.2) is 5.16 Å². The van der Waals surface area contributed by atoms with Gasteiger partial charge < -0.3 is 20.0 Å². The van der Waals surface area contributed by atoms with Crippen LogP contribution in [0, 0.1) is 0 Å². The van der Waals surface area contributed by atoms with E-state index in [9.17, 15) is 19.8 Å². The summed E-state index contributed by atoms with van der Waals surface area (Å²) < 4.78 is 0. The Morgan fingerprint density at radius 2 is 2.29 bits per heavy atom. The van der Waals surface area contributed by atoms with Gasteiger partial charge in [-0.1, -0.05) is 25.1 Å². The van der Waals surface area contributed by atoms with Crippen molar-refractivity contribution in [1.29, 1.82) is 0 Å². The molecule has 0 bridgehead atoms. The first-order valence-corrected chi connectivity index (χ1v) is 6.18. The van der Waals surface area contributed by atoms with Crippen molar-refractivity contribution in [1.82, 2.24) is 9.97 Å². The highest BCUT2D eigenvalue weighted by Gasteiger charge is 2.09. The van der Waals surface area contributed by atoms with E-state index < -0.39 is 5.97 Å². The Morgan fingerprint density at radius 1 is 1.59 bits per heavy atom. The summed E-state index contributed by atoms with van der Waals surface area (Å²) in [4.78, 5) is 28.0. The SMILES string of the molecule is CCCc1c(O)nc(SCCC(=O)[O-])[nH]c1=O. The van der Waals surface area contributed by atoms with Crippen LogP contribution in [0.1, 0.15) is 25.3 Å². The summed E-state index contributed by atoms with van der Waals surface area (Å²) in [6.45, 7) is 1.89. The number of thioether (sulfide) groups is 1. The molecule has 0 aliphatic heterocycles. The fraction of sp³-hybridized carbons (Fsp3) is 0.500. The molecule has 94 valence electrons. The lowest BCUT2D eigenvalue weighted by Gasteiger charge is -2.05. The first-order valence-electron chi connectivity index (χ1n) is 5.19. The molecule has 1 aromatic heterocycles. The summed E-state index contributed by atoms with van der Waals surface area (Å²) in [5, 5.41) is 20.0. The van der Waals surface area contributed by atoms with E-state index in [4.69, 9.17) is 0 Å². The van der Waals surface area contributed by atoms with E-state index in [0.29, 0.717) is 6.42 Å². The maximum atomic E-state index is 11.6. The molecule has 0 spiro atoms. The van der Waals surface area contributed by atoms with Gasteiger partial charge in [-0.15, -0.1) is 0 Å². The first-order chi connectivity index (χ1) is 8.04. The van der Waals surface area contributed by atoms with Crippen LogP contribution < -0.4 is 10.7 Å². The second-order valence-electron chi connectivity index (χ2n) is 3.39. The van der Waals surface area contributed by atoms with Crippen LogP contribution in [0.25, 0.3) is 0 Å². The number of carbonyl (C=O) groups excluding carboxylic acids is 1. The highest BCUT2D eigenvalue weighted by atomic mass is 32.2. The van der Waals surface area contributed by atoms with Gasteiger partial charge in [-0.25, -0.2) is 0 Å². The third-order valence-electron chi connectivity index (χ3n) is 2.02. The predicted molar refractivity (Wildman–Crippen MR) is 60.9 cm³/mol. The number of hydrogen-bond acceptors (Lipinski definition) is 6. The number of aromatic hydroxyl groups is 1. The van der Waals surface area contributed by atoms with Crippen molar-refractivity contribution in [3.63, 3.8) is 0 Å². The second kappa shape index (κ2) is 6.29. The van der Waals surface area contributed by atoms with Crippen molar-refractivity contribution in [3.05, 3.63) is 15.9 Å². The Kier molecular flexibility index (Phi) is 5.02. The number of hydrogen-bond donors (Lipinski definition) is 2. The Balaban J connectivity index is 2.76. The number of rotatable bonds is 6. The summed E-state index contributed by atoms with van der Waals surface area (Å²) >= 11 is 1.06. The van der Waals surface area contributed by atoms with Crippen molar-refractivity contribution in [2.24, 2.45) is 0 Å². The van der Waals surface area contributed by atoms with E-state index in [2.05, 4.69) is 9.97 Å². The largest absolute Gasteiger partial charge is 0.550 e. The van der Waals surface area contributed by atoms with E-state index in [-0.39, 0.29) is 34.3 Å². The Labute approximate surface area is 102 Å². The van der Waals surface area contributed by atoms with Crippen molar-refractivity contribution in [2.75, 3.05) is 5.75 Å². The molecule has 1 aromatic rings. The molecule has 0 atom stereocenters. The summed E-state index contributed by atoms with van der Waals surface area (Å²) in [5.41, 5.74) is -0.118. The average Bonchev–Trinajstić information content (AvgIpc) is 2.23. The first kappa shape index (κ1) is 13.6. The molecule has 0 fully saturated rings. The third-order valence-corrected chi connectivity index (χ3v) is 2.89. The topological polar surface area (TPSA) is 106 Å². The normalized spacial score (nSPS) is 10.4. The van der Waals surface area contributed by atoms with Crippen molar-refractivity contribution in [2.45, 2.75) is 31.3 Å². The molecule has 6 nitrogen and oxygen atoms in total. The molecule has 2 N–H and O–H groups in total. The summed E-state index contributed by atoms with van der Waals surface area (Å²) in [6.07, 6.45) is 1.06. The van der Waals surface area contributed by atoms with Crippen LogP contribution in [0.15, 0.2) is 9.95 Å². The van der Waals surface area contributed by atoms with Gasteiger partial charge in [0.25, 0.3) is 5.56 Å². The van der Waals surface area contributed by atoms with Crippen LogP contribution in [0.4, 0.5) is 0 Å². The third kappa shape index (κ3) is 4.10. The van der Waals surface area contributed by atoms with Crippen LogP contribution in [0.3, 0.4) is 0 Å². The lowest BCUT2D eigenvalue weighted by molar-refractivity contribution is -0.305. The summed E-state index contributed by atoms with van der Waals surface area (Å²) in [6, 6.07) is 0. The molecule has 0 saturated heterocycles. The number of aromatic nitrogens is 2. The highest BCUT2D eigenvalue weighted by molar-refractivity contribution is 7.99. The van der Waals surface area contributed by atoms with Crippen LogP contribution in [0.5, 0.6) is 5.88 Å². The average molecular weight is 257 g/mol. The molecule has 7 heteroatoms. The minimum atomic E-state index is -1.16. The van der Waals surface area contributed by atoms with Gasteiger partial charge in [-0.2, -0.15) is 4.98 Å². The molecule has 0 aliphatic carbocycles. The van der Waals surface area contributed by atoms with Gasteiger partial charge in [0.1, 0.15) is 0 Å². The number of carboxylic acids is 1. The summed E-state index contributed by atoms with van der Waals surface area (Å²) in [5.74, 6) is -1.21. The zero-order valence-corrected chi connectivity index (χ0v) is 10.2. The van der Waals surface area contributed by atoms with Gasteiger partial charge in [-0.3, -0.25) is 4.79 Å². The highest BCUT2D eigenvalue weighted by Crippen LogP contribution is 2.17. The van der Waals surface area contributed by atoms with Gasteiger partial charge >= 0.3 is 0 Å². The molecule has 17 heavy (non-hydrogen) atoms. The monoisotopic (exact) mass is 257 g/mol. The van der Waals surface area contributed by atoms with E-state index in [0.717, 1.165) is 18.2 Å². The minimum absolute atomic E-state index is 0.133. The number of aromatic amines is 1. The van der Waals surface area contributed by atoms with Crippen molar-refractivity contribution >= 4 is 17.7 Å². The Morgan fingerprint density at radius 3 is 2.82 bits per heavy atom. The fourth-order valence-corrected chi connectivity index (χ4v) is 2.02. The lowest BCUT2D eigenvalue weighted by Crippen LogP contribution is -2.22. The number of nitrogens with zero attached hydrogens (tertiary/aromatic N) is 1. The standard InChI is InChI=1S/C10H14N2O4S/c1-2-3-6-8(15)11-10(12-9(6)16)17-5-4-7(13)14/h2-5H2,1H3,(H,13,14)(H2,11,12,15,16)/p-1. The number of carbonyl (C=O) groups is 1. The predicted octanol–water partition coefficient (Wildman–Crippen LogP) is -0.340. The van der Waals surface area contributed by atoms with Gasteiger partial charge in [0, 0.05) is 11.7 Å². The molecule has 1 rings (SSSR count). The zero-order valence-electron chi connectivity index (χ0n) is 9.36. The summed E-state index contributed by atoms with van der Waals surface area (Å²) in [7, 11) is 0. The van der Waals surface area contributed by atoms with E-state index in [1.165, 1.54) is 0 Å². The van der Waals surface area contributed by atoms with Crippen LogP contribution in [-0.4, -0.2) is 26.8 Å². The Hall–Kier alpha value is -1.50. The number of H-pyrrole nitrogens is 1. The molecule has 0 saturated carbocycles. The number of nitrogens with one attached hydrogen (secondary N) is 1. The fourth-order valence-electron chi connectivity index (χ4n) is 1.24. The molecule has 0 radical (unpaired) electrons.